The predicted octanol–water partition coefficient (Wildman–Crippen LogP) is 5.93. The molecule has 1 aliphatic carbocycles. The van der Waals surface area contributed by atoms with Crippen molar-refractivity contribution in [1.82, 2.24) is 0 Å². The Kier molecular flexibility index (Phi) is 4.25. The minimum absolute atomic E-state index is 0.0176. The zero-order chi connectivity index (χ0) is 20.1. The van der Waals surface area contributed by atoms with Gasteiger partial charge in [0.1, 0.15) is 0 Å². The standard InChI is InChI=1S/C22H21F3N2O/c1-21(2)11-17-19(18(28)12-21)20(27-16-6-4-3-5-15(16)26-17)13-7-9-14(10-8-13)22(23,24)25/h3-10,20,26-27H,11-12H2,1-2H3/t20-/m0/s1. The number of nitrogens with one attached hydrogen (secondary N) is 2. The second kappa shape index (κ2) is 6.40. The average Bonchev–Trinajstić information content (AvgIpc) is 2.76. The molecule has 0 radical (unpaired) electrons. The number of carbonyl (C=O) groups is 1. The third-order valence-electron chi connectivity index (χ3n) is 5.29. The summed E-state index contributed by atoms with van der Waals surface area (Å²) in [5.74, 6) is 0.0176. The summed E-state index contributed by atoms with van der Waals surface area (Å²) in [6, 6.07) is 12.1. The van der Waals surface area contributed by atoms with Gasteiger partial charge in [-0.1, -0.05) is 38.1 Å². The summed E-state index contributed by atoms with van der Waals surface area (Å²) in [6.45, 7) is 4.10. The average molecular weight is 386 g/mol. The molecule has 4 rings (SSSR count). The molecule has 0 saturated carbocycles. The quantitative estimate of drug-likeness (QED) is 0.638. The molecule has 3 nitrogen and oxygen atoms in total. The van der Waals surface area contributed by atoms with Gasteiger partial charge in [-0.05, 0) is 41.7 Å². The molecular weight excluding hydrogens is 365 g/mol. The summed E-state index contributed by atoms with van der Waals surface area (Å²) >= 11 is 0. The molecule has 0 aromatic heterocycles. The highest BCUT2D eigenvalue weighted by Crippen LogP contribution is 2.45. The van der Waals surface area contributed by atoms with Crippen molar-refractivity contribution in [3.05, 3.63) is 70.9 Å². The molecule has 0 spiro atoms. The number of hydrogen-bond donors (Lipinski definition) is 2. The third-order valence-corrected chi connectivity index (χ3v) is 5.29. The summed E-state index contributed by atoms with van der Waals surface area (Å²) in [6.07, 6.45) is -3.29. The van der Waals surface area contributed by atoms with Crippen LogP contribution in [-0.4, -0.2) is 5.78 Å². The summed E-state index contributed by atoms with van der Waals surface area (Å²) < 4.78 is 38.9. The largest absolute Gasteiger partial charge is 0.416 e. The highest BCUT2D eigenvalue weighted by atomic mass is 19.4. The Morgan fingerprint density at radius 3 is 2.25 bits per heavy atom. The Hall–Kier alpha value is -2.76. The van der Waals surface area contributed by atoms with E-state index in [1.54, 1.807) is 0 Å². The van der Waals surface area contributed by atoms with E-state index in [1.807, 2.05) is 38.1 Å². The number of hydrogen-bond acceptors (Lipinski definition) is 3. The Morgan fingerprint density at radius 2 is 1.61 bits per heavy atom. The number of allylic oxidation sites excluding steroid dienone is 1. The summed E-state index contributed by atoms with van der Waals surface area (Å²) in [5, 5.41) is 6.77. The van der Waals surface area contributed by atoms with E-state index < -0.39 is 17.8 Å². The van der Waals surface area contributed by atoms with Crippen molar-refractivity contribution in [2.75, 3.05) is 10.6 Å². The molecule has 2 aliphatic rings. The zero-order valence-corrected chi connectivity index (χ0v) is 15.7. The molecule has 2 aromatic carbocycles. The summed E-state index contributed by atoms with van der Waals surface area (Å²) in [7, 11) is 0. The molecule has 1 heterocycles. The van der Waals surface area contributed by atoms with Gasteiger partial charge in [0.15, 0.2) is 5.78 Å². The highest BCUT2D eigenvalue weighted by Gasteiger charge is 2.39. The van der Waals surface area contributed by atoms with Crippen LogP contribution in [-0.2, 0) is 11.0 Å². The fourth-order valence-electron chi connectivity index (χ4n) is 4.00. The van der Waals surface area contributed by atoms with E-state index in [2.05, 4.69) is 10.6 Å². The molecule has 0 amide bonds. The Balaban J connectivity index is 1.83. The van der Waals surface area contributed by atoms with Gasteiger partial charge in [0.25, 0.3) is 0 Å². The first kappa shape index (κ1) is 18.6. The molecule has 6 heteroatoms. The molecule has 0 fully saturated rings. The van der Waals surface area contributed by atoms with E-state index in [0.29, 0.717) is 24.0 Å². The smallest absolute Gasteiger partial charge is 0.372 e. The Bertz CT molecular complexity index is 958. The van der Waals surface area contributed by atoms with E-state index in [0.717, 1.165) is 29.2 Å². The molecule has 1 aliphatic heterocycles. The first-order chi connectivity index (χ1) is 13.1. The lowest BCUT2D eigenvalue weighted by Gasteiger charge is -2.34. The van der Waals surface area contributed by atoms with Crippen molar-refractivity contribution >= 4 is 17.2 Å². The van der Waals surface area contributed by atoms with E-state index in [9.17, 15) is 18.0 Å². The van der Waals surface area contributed by atoms with Crippen molar-refractivity contribution < 1.29 is 18.0 Å². The monoisotopic (exact) mass is 386 g/mol. The second-order valence-electron chi connectivity index (χ2n) is 8.20. The van der Waals surface area contributed by atoms with Gasteiger partial charge in [-0.3, -0.25) is 4.79 Å². The SMILES string of the molecule is CC1(C)CC(=O)C2=C(C1)Nc1ccccc1N[C@H]2c1ccc(C(F)(F)F)cc1. The van der Waals surface area contributed by atoms with Crippen LogP contribution in [0.2, 0.25) is 0 Å². The maximum Gasteiger partial charge on any atom is 0.416 e. The third kappa shape index (κ3) is 3.39. The molecule has 2 aromatic rings. The van der Waals surface area contributed by atoms with Gasteiger partial charge in [0.05, 0.1) is 23.0 Å². The zero-order valence-electron chi connectivity index (χ0n) is 15.7. The number of rotatable bonds is 1. The number of Topliss-reactive ketones (excluding diaryl/α,β-unsaturated/α-hetero) is 1. The van der Waals surface area contributed by atoms with Crippen molar-refractivity contribution in [2.45, 2.75) is 38.9 Å². The maximum atomic E-state index is 13.0. The lowest BCUT2D eigenvalue weighted by atomic mass is 9.73. The van der Waals surface area contributed by atoms with Crippen molar-refractivity contribution in [1.29, 1.82) is 0 Å². The number of benzene rings is 2. The van der Waals surface area contributed by atoms with Gasteiger partial charge in [-0.2, -0.15) is 13.2 Å². The molecule has 28 heavy (non-hydrogen) atoms. The van der Waals surface area contributed by atoms with Crippen molar-refractivity contribution in [3.8, 4) is 0 Å². The second-order valence-corrected chi connectivity index (χ2v) is 8.20. The molecule has 0 bridgehead atoms. The number of alkyl halides is 3. The first-order valence-corrected chi connectivity index (χ1v) is 9.20. The van der Waals surface area contributed by atoms with Crippen LogP contribution < -0.4 is 10.6 Å². The van der Waals surface area contributed by atoms with Crippen LogP contribution in [0.3, 0.4) is 0 Å². The van der Waals surface area contributed by atoms with Crippen LogP contribution in [0.5, 0.6) is 0 Å². The van der Waals surface area contributed by atoms with Gasteiger partial charge in [-0.15, -0.1) is 0 Å². The van der Waals surface area contributed by atoms with Gasteiger partial charge in [0, 0.05) is 17.7 Å². The fraction of sp³-hybridized carbons (Fsp3) is 0.318. The van der Waals surface area contributed by atoms with Gasteiger partial charge in [-0.25, -0.2) is 0 Å². The minimum Gasteiger partial charge on any atom is -0.372 e. The van der Waals surface area contributed by atoms with Crippen molar-refractivity contribution in [3.63, 3.8) is 0 Å². The maximum absolute atomic E-state index is 13.0. The van der Waals surface area contributed by atoms with Gasteiger partial charge in [0.2, 0.25) is 0 Å². The predicted molar refractivity (Wildman–Crippen MR) is 103 cm³/mol. The van der Waals surface area contributed by atoms with Crippen LogP contribution in [0.1, 0.15) is 43.9 Å². The molecule has 1 atom stereocenters. The molecular formula is C22H21F3N2O. The Labute approximate surface area is 161 Å². The number of fused-ring (bicyclic) bond motifs is 1. The van der Waals surface area contributed by atoms with E-state index in [-0.39, 0.29) is 11.2 Å². The summed E-state index contributed by atoms with van der Waals surface area (Å²) in [5.41, 5.74) is 2.87. The van der Waals surface area contributed by atoms with Crippen molar-refractivity contribution in [2.24, 2.45) is 5.41 Å². The molecule has 146 valence electrons. The molecule has 0 unspecified atom stereocenters. The first-order valence-electron chi connectivity index (χ1n) is 9.20. The summed E-state index contributed by atoms with van der Waals surface area (Å²) in [4.78, 5) is 13.0. The topological polar surface area (TPSA) is 41.1 Å². The van der Waals surface area contributed by atoms with Crippen LogP contribution in [0.4, 0.5) is 24.5 Å². The minimum atomic E-state index is -4.39. The van der Waals surface area contributed by atoms with Crippen LogP contribution >= 0.6 is 0 Å². The van der Waals surface area contributed by atoms with Gasteiger partial charge < -0.3 is 10.6 Å². The van der Waals surface area contributed by atoms with E-state index in [1.165, 1.54) is 12.1 Å². The van der Waals surface area contributed by atoms with Crippen LogP contribution in [0.25, 0.3) is 0 Å². The highest BCUT2D eigenvalue weighted by molar-refractivity contribution is 6.01. The molecule has 0 saturated heterocycles. The molecule has 2 N–H and O–H groups in total. The number of ketones is 1. The van der Waals surface area contributed by atoms with Crippen LogP contribution in [0, 0.1) is 5.41 Å². The van der Waals surface area contributed by atoms with E-state index >= 15 is 0 Å². The number of carbonyl (C=O) groups excluding carboxylic acids is 1. The normalized spacial score (nSPS) is 21.2. The van der Waals surface area contributed by atoms with Crippen LogP contribution in [0.15, 0.2) is 59.8 Å². The lowest BCUT2D eigenvalue weighted by molar-refractivity contribution is -0.137. The number of anilines is 2. The Morgan fingerprint density at radius 1 is 0.964 bits per heavy atom. The fourth-order valence-corrected chi connectivity index (χ4v) is 4.00. The number of halogens is 3. The van der Waals surface area contributed by atoms with Gasteiger partial charge >= 0.3 is 6.18 Å². The lowest BCUT2D eigenvalue weighted by Crippen LogP contribution is -2.31. The van der Waals surface area contributed by atoms with E-state index in [4.69, 9.17) is 0 Å². The number of para-hydroxylation sites is 2.